The third-order valence-corrected chi connectivity index (χ3v) is 2.64. The molecular formula is C16H34IN5O3. The molecule has 9 heteroatoms. The molecule has 0 saturated carbocycles. The molecule has 0 spiro atoms. The van der Waals surface area contributed by atoms with Crippen molar-refractivity contribution < 1.29 is 14.3 Å². The highest BCUT2D eigenvalue weighted by Gasteiger charge is 2.24. The summed E-state index contributed by atoms with van der Waals surface area (Å²) in [5.74, 6) is 0.378. The van der Waals surface area contributed by atoms with Crippen molar-refractivity contribution in [3.8, 4) is 0 Å². The molecule has 0 aromatic heterocycles. The summed E-state index contributed by atoms with van der Waals surface area (Å²) >= 11 is 0. The van der Waals surface area contributed by atoms with Crippen molar-refractivity contribution in [2.24, 2.45) is 4.99 Å². The highest BCUT2D eigenvalue weighted by Crippen LogP contribution is 2.09. The average molecular weight is 471 g/mol. The molecule has 0 aliphatic heterocycles. The number of carbonyl (C=O) groups is 2. The normalized spacial score (nSPS) is 11.9. The molecule has 0 aromatic rings. The summed E-state index contributed by atoms with van der Waals surface area (Å²) in [6, 6.07) is 0. The van der Waals surface area contributed by atoms with Gasteiger partial charge in [-0.1, -0.05) is 0 Å². The summed E-state index contributed by atoms with van der Waals surface area (Å²) in [6.07, 6.45) is -0.474. The van der Waals surface area contributed by atoms with E-state index in [-0.39, 0.29) is 36.4 Å². The predicted octanol–water partition coefficient (Wildman–Crippen LogP) is 1.60. The van der Waals surface area contributed by atoms with Gasteiger partial charge in [-0.05, 0) is 48.5 Å². The number of ether oxygens (including phenoxy) is 1. The van der Waals surface area contributed by atoms with Gasteiger partial charge < -0.3 is 26.0 Å². The van der Waals surface area contributed by atoms with Crippen molar-refractivity contribution >= 4 is 41.9 Å². The number of hydrogen-bond acceptors (Lipinski definition) is 4. The summed E-state index contributed by atoms with van der Waals surface area (Å²) in [7, 11) is 0. The summed E-state index contributed by atoms with van der Waals surface area (Å²) in [5, 5.41) is 11.7. The van der Waals surface area contributed by atoms with Gasteiger partial charge in [-0.15, -0.1) is 24.0 Å². The van der Waals surface area contributed by atoms with E-state index in [1.165, 1.54) is 0 Å². The molecule has 0 aromatic carbocycles. The van der Waals surface area contributed by atoms with Crippen molar-refractivity contribution in [1.29, 1.82) is 0 Å². The molecule has 0 aliphatic carbocycles. The Labute approximate surface area is 168 Å². The summed E-state index contributed by atoms with van der Waals surface area (Å²) in [5.41, 5.74) is -1.10. The number of amides is 2. The molecule has 0 aliphatic rings. The van der Waals surface area contributed by atoms with Crippen molar-refractivity contribution in [3.63, 3.8) is 0 Å². The Hall–Kier alpha value is -1.26. The first-order valence-electron chi connectivity index (χ1n) is 8.29. The van der Waals surface area contributed by atoms with Gasteiger partial charge in [0.05, 0.1) is 5.54 Å². The van der Waals surface area contributed by atoms with E-state index in [0.717, 1.165) is 0 Å². The lowest BCUT2D eigenvalue weighted by molar-refractivity contribution is -0.119. The molecule has 0 unspecified atom stereocenters. The smallest absolute Gasteiger partial charge is 0.408 e. The number of halogens is 1. The maximum Gasteiger partial charge on any atom is 0.408 e. The Morgan fingerprint density at radius 1 is 0.960 bits per heavy atom. The quantitative estimate of drug-likeness (QED) is 0.257. The molecule has 0 fully saturated rings. The van der Waals surface area contributed by atoms with Gasteiger partial charge in [0, 0.05) is 19.6 Å². The van der Waals surface area contributed by atoms with Crippen LogP contribution in [0.3, 0.4) is 0 Å². The van der Waals surface area contributed by atoms with Gasteiger partial charge in [0.1, 0.15) is 12.1 Å². The minimum absolute atomic E-state index is 0. The Morgan fingerprint density at radius 2 is 1.52 bits per heavy atom. The molecule has 0 rings (SSSR count). The lowest BCUT2D eigenvalue weighted by Crippen LogP contribution is -2.54. The summed E-state index contributed by atoms with van der Waals surface area (Å²) in [4.78, 5) is 27.6. The Morgan fingerprint density at radius 3 is 2.00 bits per heavy atom. The number of nitrogens with zero attached hydrogens (tertiary/aromatic N) is 1. The second kappa shape index (κ2) is 12.2. The number of rotatable bonds is 7. The number of carbonyl (C=O) groups excluding carboxylic acids is 2. The Kier molecular flexibility index (Phi) is 12.6. The van der Waals surface area contributed by atoms with E-state index >= 15 is 0 Å². The lowest BCUT2D eigenvalue weighted by Gasteiger charge is -2.29. The van der Waals surface area contributed by atoms with Crippen molar-refractivity contribution in [1.82, 2.24) is 21.3 Å². The number of nitrogens with one attached hydrogen (secondary N) is 4. The van der Waals surface area contributed by atoms with E-state index in [2.05, 4.69) is 26.3 Å². The third-order valence-electron chi connectivity index (χ3n) is 2.64. The zero-order valence-electron chi connectivity index (χ0n) is 16.4. The van der Waals surface area contributed by atoms with E-state index < -0.39 is 17.2 Å². The fourth-order valence-electron chi connectivity index (χ4n) is 1.67. The van der Waals surface area contributed by atoms with Gasteiger partial charge in [0.2, 0.25) is 5.91 Å². The lowest BCUT2D eigenvalue weighted by atomic mass is 10.1. The van der Waals surface area contributed by atoms with Crippen LogP contribution in [0.1, 0.15) is 48.5 Å². The molecule has 148 valence electrons. The predicted molar refractivity (Wildman–Crippen MR) is 112 cm³/mol. The molecule has 0 saturated heterocycles. The number of alkyl carbamates (subject to hydrolysis) is 1. The topological polar surface area (TPSA) is 104 Å². The fraction of sp³-hybridized carbons (Fsp3) is 0.812. The standard InChI is InChI=1S/C16H33N5O3.HI/c1-8-17-12(22)10-19-13(18-9-2)20-11-16(6,7)21-14(23)24-15(3,4)5;/h8-11H2,1-7H3,(H,17,22)(H,21,23)(H2,18,19,20);1H. The minimum Gasteiger partial charge on any atom is -0.444 e. The molecule has 0 radical (unpaired) electrons. The number of likely N-dealkylation sites (N-methyl/N-ethyl adjacent to an activating group) is 1. The van der Waals surface area contributed by atoms with Crippen LogP contribution in [0.25, 0.3) is 0 Å². The molecule has 0 bridgehead atoms. The van der Waals surface area contributed by atoms with Gasteiger partial charge >= 0.3 is 6.09 Å². The van der Waals surface area contributed by atoms with Crippen LogP contribution < -0.4 is 21.3 Å². The highest BCUT2D eigenvalue weighted by atomic mass is 127. The van der Waals surface area contributed by atoms with Crippen LogP contribution in [0.5, 0.6) is 0 Å². The van der Waals surface area contributed by atoms with E-state index in [1.54, 1.807) is 0 Å². The molecule has 8 nitrogen and oxygen atoms in total. The minimum atomic E-state index is -0.551. The maximum atomic E-state index is 11.9. The molecule has 25 heavy (non-hydrogen) atoms. The van der Waals surface area contributed by atoms with Crippen LogP contribution in [0, 0.1) is 0 Å². The van der Waals surface area contributed by atoms with Gasteiger partial charge in [0.25, 0.3) is 0 Å². The highest BCUT2D eigenvalue weighted by molar-refractivity contribution is 14.0. The zero-order valence-corrected chi connectivity index (χ0v) is 18.7. The van der Waals surface area contributed by atoms with Crippen LogP contribution in [0.2, 0.25) is 0 Å². The monoisotopic (exact) mass is 471 g/mol. The number of aliphatic imine (C=N–C) groups is 1. The molecule has 0 heterocycles. The molecule has 2 amide bonds. The second-order valence-electron chi connectivity index (χ2n) is 7.01. The van der Waals surface area contributed by atoms with Crippen molar-refractivity contribution in [3.05, 3.63) is 0 Å². The number of hydrogen-bond donors (Lipinski definition) is 4. The second-order valence-corrected chi connectivity index (χ2v) is 7.01. The molecule has 4 N–H and O–H groups in total. The van der Waals surface area contributed by atoms with E-state index in [9.17, 15) is 9.59 Å². The summed E-state index contributed by atoms with van der Waals surface area (Å²) < 4.78 is 5.26. The van der Waals surface area contributed by atoms with Gasteiger partial charge in [-0.3, -0.25) is 4.79 Å². The van der Waals surface area contributed by atoms with E-state index in [1.807, 2.05) is 48.5 Å². The van der Waals surface area contributed by atoms with Crippen LogP contribution >= 0.6 is 24.0 Å². The first-order valence-corrected chi connectivity index (χ1v) is 8.29. The van der Waals surface area contributed by atoms with Gasteiger partial charge in [-0.25, -0.2) is 9.79 Å². The van der Waals surface area contributed by atoms with Crippen LogP contribution in [0.4, 0.5) is 4.79 Å². The largest absolute Gasteiger partial charge is 0.444 e. The van der Waals surface area contributed by atoms with Crippen LogP contribution in [0.15, 0.2) is 4.99 Å². The van der Waals surface area contributed by atoms with Crippen molar-refractivity contribution in [2.75, 3.05) is 26.2 Å². The first kappa shape index (κ1) is 26.0. The average Bonchev–Trinajstić information content (AvgIpc) is 2.39. The Bertz CT molecular complexity index is 448. The zero-order chi connectivity index (χ0) is 18.8. The van der Waals surface area contributed by atoms with E-state index in [4.69, 9.17) is 4.74 Å². The van der Waals surface area contributed by atoms with Gasteiger partial charge in [-0.2, -0.15) is 0 Å². The molecular weight excluding hydrogens is 437 g/mol. The SMILES string of the molecule is CCNC(=O)CN=C(NCC)NCC(C)(C)NC(=O)OC(C)(C)C.I. The molecule has 0 atom stereocenters. The summed E-state index contributed by atoms with van der Waals surface area (Å²) in [6.45, 7) is 14.7. The maximum absolute atomic E-state index is 11.9. The van der Waals surface area contributed by atoms with Crippen LogP contribution in [-0.2, 0) is 9.53 Å². The van der Waals surface area contributed by atoms with Crippen molar-refractivity contribution in [2.45, 2.75) is 59.6 Å². The number of guanidine groups is 1. The van der Waals surface area contributed by atoms with Gasteiger partial charge in [0.15, 0.2) is 5.96 Å². The van der Waals surface area contributed by atoms with E-state index in [0.29, 0.717) is 25.6 Å². The van der Waals surface area contributed by atoms with Crippen LogP contribution in [-0.4, -0.2) is 55.3 Å². The third kappa shape index (κ3) is 14.8. The first-order chi connectivity index (χ1) is 11.0. The Balaban J connectivity index is 0. The fourth-order valence-corrected chi connectivity index (χ4v) is 1.67.